The summed E-state index contributed by atoms with van der Waals surface area (Å²) in [6, 6.07) is 12.3. The molecule has 2 aromatic heterocycles. The summed E-state index contributed by atoms with van der Waals surface area (Å²) in [6.07, 6.45) is 5.46. The summed E-state index contributed by atoms with van der Waals surface area (Å²) in [5.41, 5.74) is 0.357. The standard InChI is InChI=1S/C42H51F2N5O6/c1-41(2,3)54-39(51)31-12-10-28(22-32(31)43)48-18-14-26(15-19-48)16-20-53-29-11-13-30(33(44)23-29)38(50)46-37-24-35-27(25-45-37)21-36(34-9-8-17-47(34)7)49(35)40(52)55-42(4,5)6/h10-13,21-26,34H,8-9,14-20H2,1-7H3,(H,45,46,50)/t34-/m1/s1. The minimum absolute atomic E-state index is 0.0243. The SMILES string of the molecule is CN1CCC[C@@H]1c1cc2cnc(NC(=O)c3ccc(OCCC4CCN(c5ccc(C(=O)OC(C)(C)C)c(F)c5)CC4)cc3F)cc2n1C(=O)OC(C)(C)C. The Labute approximate surface area is 320 Å². The number of nitrogens with zero attached hydrogens (tertiary/aromatic N) is 4. The molecule has 2 saturated heterocycles. The van der Waals surface area contributed by atoms with Gasteiger partial charge in [0, 0.05) is 48.2 Å². The van der Waals surface area contributed by atoms with Gasteiger partial charge in [-0.25, -0.2) is 27.9 Å². The number of hydrogen-bond donors (Lipinski definition) is 1. The number of esters is 1. The molecule has 55 heavy (non-hydrogen) atoms. The highest BCUT2D eigenvalue weighted by Crippen LogP contribution is 2.35. The number of amides is 1. The first-order valence-corrected chi connectivity index (χ1v) is 18.9. The van der Waals surface area contributed by atoms with Gasteiger partial charge in [0.2, 0.25) is 0 Å². The fourth-order valence-electron chi connectivity index (χ4n) is 7.21. The number of ether oxygens (including phenoxy) is 3. The fourth-order valence-corrected chi connectivity index (χ4v) is 7.21. The van der Waals surface area contributed by atoms with Gasteiger partial charge in [-0.05, 0) is 130 Å². The second-order valence-electron chi connectivity index (χ2n) is 16.5. The predicted molar refractivity (Wildman–Crippen MR) is 207 cm³/mol. The van der Waals surface area contributed by atoms with Crippen molar-refractivity contribution in [2.75, 3.05) is 43.5 Å². The van der Waals surface area contributed by atoms with Crippen molar-refractivity contribution in [3.05, 3.63) is 83.2 Å². The number of anilines is 2. The smallest absolute Gasteiger partial charge is 0.419 e. The van der Waals surface area contributed by atoms with Crippen molar-refractivity contribution >= 4 is 40.4 Å². The number of likely N-dealkylation sites (tertiary alicyclic amines) is 1. The zero-order valence-corrected chi connectivity index (χ0v) is 32.7. The van der Waals surface area contributed by atoms with Gasteiger partial charge in [0.05, 0.1) is 29.3 Å². The van der Waals surface area contributed by atoms with Gasteiger partial charge in [-0.15, -0.1) is 0 Å². The number of aromatic nitrogens is 2. The van der Waals surface area contributed by atoms with Crippen LogP contribution in [-0.2, 0) is 9.47 Å². The van der Waals surface area contributed by atoms with Crippen molar-refractivity contribution in [3.63, 3.8) is 0 Å². The summed E-state index contributed by atoms with van der Waals surface area (Å²) >= 11 is 0. The van der Waals surface area contributed by atoms with E-state index in [9.17, 15) is 18.8 Å². The highest BCUT2D eigenvalue weighted by Gasteiger charge is 2.31. The molecule has 4 heterocycles. The van der Waals surface area contributed by atoms with E-state index in [1.165, 1.54) is 24.3 Å². The molecule has 1 N–H and O–H groups in total. The quantitative estimate of drug-likeness (QED) is 0.167. The van der Waals surface area contributed by atoms with Gasteiger partial charge in [0.15, 0.2) is 0 Å². The van der Waals surface area contributed by atoms with Crippen molar-refractivity contribution < 1.29 is 37.4 Å². The number of carbonyl (C=O) groups is 3. The maximum atomic E-state index is 15.3. The molecular formula is C42H51F2N5O6. The molecule has 0 bridgehead atoms. The van der Waals surface area contributed by atoms with E-state index >= 15 is 4.39 Å². The summed E-state index contributed by atoms with van der Waals surface area (Å²) in [5, 5.41) is 3.40. The molecule has 2 fully saturated rings. The lowest BCUT2D eigenvalue weighted by atomic mass is 9.93. The highest BCUT2D eigenvalue weighted by atomic mass is 19.1. The van der Waals surface area contributed by atoms with Crippen LogP contribution in [0.15, 0.2) is 54.7 Å². The maximum Gasteiger partial charge on any atom is 0.419 e. The predicted octanol–water partition coefficient (Wildman–Crippen LogP) is 8.76. The number of rotatable bonds is 9. The Hall–Kier alpha value is -5.04. The van der Waals surface area contributed by atoms with E-state index in [4.69, 9.17) is 14.2 Å². The molecular weight excluding hydrogens is 708 g/mol. The van der Waals surface area contributed by atoms with Crippen LogP contribution in [-0.4, -0.2) is 76.9 Å². The monoisotopic (exact) mass is 759 g/mol. The van der Waals surface area contributed by atoms with Gasteiger partial charge in [-0.1, -0.05) is 0 Å². The van der Waals surface area contributed by atoms with E-state index in [-0.39, 0.29) is 23.0 Å². The highest BCUT2D eigenvalue weighted by molar-refractivity contribution is 6.05. The average molecular weight is 760 g/mol. The molecule has 0 unspecified atom stereocenters. The van der Waals surface area contributed by atoms with Crippen LogP contribution >= 0.6 is 0 Å². The lowest BCUT2D eigenvalue weighted by molar-refractivity contribution is 0.00642. The van der Waals surface area contributed by atoms with Crippen molar-refractivity contribution in [3.8, 4) is 5.75 Å². The molecule has 294 valence electrons. The number of hydrogen-bond acceptors (Lipinski definition) is 9. The molecule has 2 aliphatic rings. The number of carbonyl (C=O) groups excluding carboxylic acids is 3. The summed E-state index contributed by atoms with van der Waals surface area (Å²) < 4.78 is 48.6. The van der Waals surface area contributed by atoms with Crippen molar-refractivity contribution in [2.45, 2.75) is 90.9 Å². The summed E-state index contributed by atoms with van der Waals surface area (Å²) in [7, 11) is 2.03. The van der Waals surface area contributed by atoms with Gasteiger partial charge in [-0.3, -0.25) is 9.69 Å². The van der Waals surface area contributed by atoms with Crippen LogP contribution in [0.1, 0.15) is 106 Å². The Balaban J connectivity index is 1.03. The van der Waals surface area contributed by atoms with Gasteiger partial charge >= 0.3 is 12.1 Å². The second kappa shape index (κ2) is 16.0. The molecule has 2 aliphatic heterocycles. The molecule has 0 spiro atoms. The van der Waals surface area contributed by atoms with E-state index in [1.54, 1.807) is 49.7 Å². The van der Waals surface area contributed by atoms with Crippen LogP contribution in [0.3, 0.4) is 0 Å². The van der Waals surface area contributed by atoms with E-state index < -0.39 is 40.8 Å². The van der Waals surface area contributed by atoms with E-state index in [0.29, 0.717) is 29.5 Å². The van der Waals surface area contributed by atoms with Crippen LogP contribution in [0.4, 0.5) is 25.1 Å². The largest absolute Gasteiger partial charge is 0.493 e. The van der Waals surface area contributed by atoms with Crippen molar-refractivity contribution in [1.82, 2.24) is 14.5 Å². The lowest BCUT2D eigenvalue weighted by Gasteiger charge is -2.33. The van der Waals surface area contributed by atoms with E-state index in [2.05, 4.69) is 20.1 Å². The van der Waals surface area contributed by atoms with Gasteiger partial charge in [-0.2, -0.15) is 0 Å². The molecule has 4 aromatic rings. The number of fused-ring (bicyclic) bond motifs is 1. The third-order valence-corrected chi connectivity index (χ3v) is 9.93. The zero-order chi connectivity index (χ0) is 39.7. The molecule has 1 amide bonds. The van der Waals surface area contributed by atoms with Gasteiger partial charge in [0.25, 0.3) is 5.91 Å². The number of halogens is 2. The molecule has 2 aromatic carbocycles. The van der Waals surface area contributed by atoms with Crippen molar-refractivity contribution in [2.24, 2.45) is 5.92 Å². The van der Waals surface area contributed by atoms with Crippen LogP contribution in [0.2, 0.25) is 0 Å². The summed E-state index contributed by atoms with van der Waals surface area (Å²) in [6.45, 7) is 13.4. The second-order valence-corrected chi connectivity index (χ2v) is 16.5. The number of piperidine rings is 1. The zero-order valence-electron chi connectivity index (χ0n) is 32.7. The molecule has 0 aliphatic carbocycles. The average Bonchev–Trinajstić information content (AvgIpc) is 3.69. The Morgan fingerprint density at radius 3 is 2.18 bits per heavy atom. The lowest BCUT2D eigenvalue weighted by Crippen LogP contribution is -2.34. The molecule has 13 heteroatoms. The number of benzene rings is 2. The Kier molecular flexibility index (Phi) is 11.5. The topological polar surface area (TPSA) is 115 Å². The fraction of sp³-hybridized carbons (Fsp3) is 0.476. The Bertz CT molecular complexity index is 2060. The van der Waals surface area contributed by atoms with Crippen LogP contribution < -0.4 is 15.0 Å². The first-order valence-electron chi connectivity index (χ1n) is 18.9. The number of pyridine rings is 1. The Morgan fingerprint density at radius 2 is 1.55 bits per heavy atom. The summed E-state index contributed by atoms with van der Waals surface area (Å²) in [4.78, 5) is 47.7. The first-order chi connectivity index (χ1) is 26.0. The molecule has 0 saturated carbocycles. The molecule has 1 atom stereocenters. The normalized spacial score (nSPS) is 17.0. The Morgan fingerprint density at radius 1 is 0.855 bits per heavy atom. The molecule has 6 rings (SSSR count). The van der Waals surface area contributed by atoms with Crippen LogP contribution in [0.5, 0.6) is 5.75 Å². The van der Waals surface area contributed by atoms with E-state index in [0.717, 1.165) is 62.8 Å². The summed E-state index contributed by atoms with van der Waals surface area (Å²) in [5.74, 6) is -1.87. The third-order valence-electron chi connectivity index (χ3n) is 9.93. The van der Waals surface area contributed by atoms with Crippen molar-refractivity contribution in [1.29, 1.82) is 0 Å². The number of nitrogens with one attached hydrogen (secondary N) is 1. The first kappa shape index (κ1) is 39.6. The molecule has 0 radical (unpaired) electrons. The van der Waals surface area contributed by atoms with Crippen LogP contribution in [0, 0.1) is 17.6 Å². The van der Waals surface area contributed by atoms with Crippen LogP contribution in [0.25, 0.3) is 10.9 Å². The maximum absolute atomic E-state index is 15.3. The van der Waals surface area contributed by atoms with Gasteiger partial charge in [0.1, 0.15) is 34.4 Å². The third kappa shape index (κ3) is 9.62. The van der Waals surface area contributed by atoms with E-state index in [1.807, 2.05) is 33.9 Å². The molecule has 11 nitrogen and oxygen atoms in total. The minimum Gasteiger partial charge on any atom is -0.493 e. The minimum atomic E-state index is -0.738. The van der Waals surface area contributed by atoms with Gasteiger partial charge < -0.3 is 24.4 Å².